The summed E-state index contributed by atoms with van der Waals surface area (Å²) in [6.45, 7) is 3.56. The number of aryl methyl sites for hydroxylation is 2. The van der Waals surface area contributed by atoms with Crippen molar-refractivity contribution in [3.8, 4) is 0 Å². The van der Waals surface area contributed by atoms with Gasteiger partial charge in [-0.25, -0.2) is 4.98 Å². The zero-order valence-electron chi connectivity index (χ0n) is 8.27. The number of anilines is 1. The van der Waals surface area contributed by atoms with Gasteiger partial charge in [0, 0.05) is 5.38 Å². The van der Waals surface area contributed by atoms with E-state index in [1.807, 2.05) is 12.3 Å². The molecule has 1 N–H and O–H groups in total. The van der Waals surface area contributed by atoms with E-state index in [0.717, 1.165) is 5.69 Å². The first kappa shape index (κ1) is 9.85. The van der Waals surface area contributed by atoms with Gasteiger partial charge in [0.1, 0.15) is 11.3 Å². The van der Waals surface area contributed by atoms with Crippen molar-refractivity contribution in [3.05, 3.63) is 28.6 Å². The van der Waals surface area contributed by atoms with Crippen LogP contribution in [0, 0.1) is 13.8 Å². The number of hydrogen-bond acceptors (Lipinski definition) is 5. The van der Waals surface area contributed by atoms with Crippen LogP contribution in [0.15, 0.2) is 16.1 Å². The van der Waals surface area contributed by atoms with Crippen molar-refractivity contribution in [1.82, 2.24) is 10.1 Å². The molecule has 2 heterocycles. The van der Waals surface area contributed by atoms with Crippen LogP contribution in [0.1, 0.15) is 21.8 Å². The predicted octanol–water partition coefficient (Wildman–Crippen LogP) is 2.00. The van der Waals surface area contributed by atoms with E-state index in [9.17, 15) is 4.79 Å². The van der Waals surface area contributed by atoms with Crippen molar-refractivity contribution in [3.63, 3.8) is 0 Å². The van der Waals surface area contributed by atoms with Crippen molar-refractivity contribution in [2.75, 3.05) is 5.32 Å². The Kier molecular flexibility index (Phi) is 2.51. The monoisotopic (exact) mass is 223 g/mol. The Morgan fingerprint density at radius 3 is 2.87 bits per heavy atom. The fourth-order valence-corrected chi connectivity index (χ4v) is 1.78. The Bertz CT molecular complexity index is 489. The van der Waals surface area contributed by atoms with E-state index in [1.165, 1.54) is 17.5 Å². The molecule has 2 aromatic heterocycles. The first-order valence-corrected chi connectivity index (χ1v) is 5.19. The number of nitrogens with zero attached hydrogens (tertiary/aromatic N) is 2. The summed E-state index contributed by atoms with van der Waals surface area (Å²) in [5.74, 6) is 0.254. The minimum atomic E-state index is -0.247. The number of carbonyl (C=O) groups is 1. The summed E-state index contributed by atoms with van der Waals surface area (Å²) in [5, 5.41) is 8.66. The van der Waals surface area contributed by atoms with Gasteiger partial charge in [0.05, 0.1) is 11.9 Å². The molecule has 0 aliphatic heterocycles. The van der Waals surface area contributed by atoms with Crippen molar-refractivity contribution < 1.29 is 9.32 Å². The molecular weight excluding hydrogens is 214 g/mol. The molecule has 2 rings (SSSR count). The molecule has 78 valence electrons. The number of amides is 1. The molecule has 0 radical (unpaired) electrons. The lowest BCUT2D eigenvalue weighted by Crippen LogP contribution is -2.11. The Morgan fingerprint density at radius 2 is 2.33 bits per heavy atom. The number of hydrogen-bond donors (Lipinski definition) is 1. The van der Waals surface area contributed by atoms with Crippen molar-refractivity contribution >= 4 is 22.4 Å². The van der Waals surface area contributed by atoms with Crippen LogP contribution in [-0.2, 0) is 0 Å². The molecule has 15 heavy (non-hydrogen) atoms. The first-order valence-electron chi connectivity index (χ1n) is 4.31. The normalized spacial score (nSPS) is 10.3. The summed E-state index contributed by atoms with van der Waals surface area (Å²) in [4.78, 5) is 15.8. The van der Waals surface area contributed by atoms with Crippen LogP contribution in [0.5, 0.6) is 0 Å². The molecule has 0 bridgehead atoms. The molecule has 0 aliphatic carbocycles. The van der Waals surface area contributed by atoms with E-state index in [-0.39, 0.29) is 5.91 Å². The minimum absolute atomic E-state index is 0.247. The maximum absolute atomic E-state index is 11.7. The third-order valence-corrected chi connectivity index (χ3v) is 2.71. The molecule has 2 aromatic rings. The number of thiazole rings is 1. The molecule has 0 spiro atoms. The van der Waals surface area contributed by atoms with Gasteiger partial charge in [-0.2, -0.15) is 0 Å². The van der Waals surface area contributed by atoms with E-state index in [4.69, 9.17) is 4.52 Å². The minimum Gasteiger partial charge on any atom is -0.361 e. The zero-order valence-corrected chi connectivity index (χ0v) is 9.09. The fraction of sp³-hybridized carbons (Fsp3) is 0.222. The van der Waals surface area contributed by atoms with E-state index >= 15 is 0 Å². The molecule has 6 heteroatoms. The van der Waals surface area contributed by atoms with Gasteiger partial charge < -0.3 is 4.52 Å². The average molecular weight is 223 g/mol. The van der Waals surface area contributed by atoms with Crippen LogP contribution in [0.3, 0.4) is 0 Å². The van der Waals surface area contributed by atoms with Gasteiger partial charge in [-0.05, 0) is 13.8 Å². The molecule has 0 aliphatic rings. The van der Waals surface area contributed by atoms with Crippen LogP contribution in [0.4, 0.5) is 5.13 Å². The summed E-state index contributed by atoms with van der Waals surface area (Å²) < 4.78 is 4.80. The lowest BCUT2D eigenvalue weighted by Gasteiger charge is -1.97. The number of nitrogens with one attached hydrogen (secondary N) is 1. The maximum atomic E-state index is 11.7. The maximum Gasteiger partial charge on any atom is 0.262 e. The summed E-state index contributed by atoms with van der Waals surface area (Å²) >= 11 is 1.39. The topological polar surface area (TPSA) is 68.0 Å². The molecule has 0 fully saturated rings. The second kappa shape index (κ2) is 3.82. The highest BCUT2D eigenvalue weighted by atomic mass is 32.1. The van der Waals surface area contributed by atoms with E-state index in [1.54, 1.807) is 6.92 Å². The second-order valence-corrected chi connectivity index (χ2v) is 3.90. The molecule has 0 saturated heterocycles. The Labute approximate surface area is 90.1 Å². The number of carbonyl (C=O) groups excluding carboxylic acids is 1. The van der Waals surface area contributed by atoms with Gasteiger partial charge in [-0.15, -0.1) is 11.3 Å². The summed E-state index contributed by atoms with van der Waals surface area (Å²) in [7, 11) is 0. The lowest BCUT2D eigenvalue weighted by atomic mass is 10.3. The highest BCUT2D eigenvalue weighted by molar-refractivity contribution is 7.13. The van der Waals surface area contributed by atoms with Gasteiger partial charge in [0.2, 0.25) is 0 Å². The van der Waals surface area contributed by atoms with E-state index < -0.39 is 0 Å². The Balaban J connectivity index is 2.14. The molecule has 0 saturated carbocycles. The molecule has 0 atom stereocenters. The summed E-state index contributed by atoms with van der Waals surface area (Å²) in [5.41, 5.74) is 1.32. The highest BCUT2D eigenvalue weighted by Gasteiger charge is 2.13. The van der Waals surface area contributed by atoms with Crippen LogP contribution < -0.4 is 5.32 Å². The van der Waals surface area contributed by atoms with Gasteiger partial charge in [-0.1, -0.05) is 5.16 Å². The Hall–Kier alpha value is -1.69. The first-order chi connectivity index (χ1) is 7.16. The highest BCUT2D eigenvalue weighted by Crippen LogP contribution is 2.16. The zero-order chi connectivity index (χ0) is 10.8. The summed E-state index contributed by atoms with van der Waals surface area (Å²) in [6, 6.07) is 0. The Morgan fingerprint density at radius 1 is 1.53 bits per heavy atom. The quantitative estimate of drug-likeness (QED) is 0.845. The fourth-order valence-electron chi connectivity index (χ4n) is 1.09. The standard InChI is InChI=1S/C9H9N3O2S/c1-5-4-15-9(11-5)12-8(13)7-3-10-14-6(7)2/h3-4H,1-2H3,(H,11,12,13). The van der Waals surface area contributed by atoms with E-state index in [2.05, 4.69) is 15.5 Å². The largest absolute Gasteiger partial charge is 0.361 e. The van der Waals surface area contributed by atoms with Crippen LogP contribution in [-0.4, -0.2) is 16.0 Å². The molecule has 0 aromatic carbocycles. The number of rotatable bonds is 2. The van der Waals surface area contributed by atoms with Gasteiger partial charge in [0.15, 0.2) is 5.13 Å². The van der Waals surface area contributed by atoms with Crippen LogP contribution in [0.25, 0.3) is 0 Å². The number of aromatic nitrogens is 2. The SMILES string of the molecule is Cc1csc(NC(=O)c2cnoc2C)n1. The van der Waals surface area contributed by atoms with Crippen molar-refractivity contribution in [1.29, 1.82) is 0 Å². The predicted molar refractivity (Wildman–Crippen MR) is 56.0 cm³/mol. The van der Waals surface area contributed by atoms with Gasteiger partial charge >= 0.3 is 0 Å². The van der Waals surface area contributed by atoms with Crippen LogP contribution >= 0.6 is 11.3 Å². The third kappa shape index (κ3) is 2.04. The van der Waals surface area contributed by atoms with Gasteiger partial charge in [0.25, 0.3) is 5.91 Å². The van der Waals surface area contributed by atoms with E-state index in [0.29, 0.717) is 16.5 Å². The molecular formula is C9H9N3O2S. The van der Waals surface area contributed by atoms with Crippen LogP contribution in [0.2, 0.25) is 0 Å². The van der Waals surface area contributed by atoms with Crippen molar-refractivity contribution in [2.45, 2.75) is 13.8 Å². The molecule has 0 unspecified atom stereocenters. The molecule has 5 nitrogen and oxygen atoms in total. The molecule has 1 amide bonds. The smallest absolute Gasteiger partial charge is 0.262 e. The second-order valence-electron chi connectivity index (χ2n) is 3.04. The van der Waals surface area contributed by atoms with Gasteiger partial charge in [-0.3, -0.25) is 10.1 Å². The van der Waals surface area contributed by atoms with Crippen molar-refractivity contribution in [2.24, 2.45) is 0 Å². The third-order valence-electron chi connectivity index (χ3n) is 1.83. The lowest BCUT2D eigenvalue weighted by molar-refractivity contribution is 0.102. The summed E-state index contributed by atoms with van der Waals surface area (Å²) in [6.07, 6.45) is 1.39. The average Bonchev–Trinajstić information content (AvgIpc) is 2.75.